The predicted octanol–water partition coefficient (Wildman–Crippen LogP) is 5.69. The van der Waals surface area contributed by atoms with Gasteiger partial charge in [0, 0.05) is 11.9 Å². The number of halogens is 2. The van der Waals surface area contributed by atoms with E-state index in [9.17, 15) is 0 Å². The fraction of sp³-hybridized carbons (Fsp3) is 0.105. The summed E-state index contributed by atoms with van der Waals surface area (Å²) in [5, 5.41) is 10.1. The molecule has 5 nitrogen and oxygen atoms in total. The van der Waals surface area contributed by atoms with E-state index in [1.807, 2.05) is 36.4 Å². The topological polar surface area (TPSA) is 56.7 Å². The smallest absolute Gasteiger partial charge is 0.200 e. The van der Waals surface area contributed by atoms with Gasteiger partial charge in [0.05, 0.1) is 6.54 Å². The van der Waals surface area contributed by atoms with Gasteiger partial charge in [-0.2, -0.15) is 0 Å². The van der Waals surface area contributed by atoms with Gasteiger partial charge in [0.25, 0.3) is 0 Å². The quantitative estimate of drug-likeness (QED) is 0.273. The Balaban J connectivity index is 1.63. The fourth-order valence-electron chi connectivity index (χ4n) is 2.56. The molecule has 0 fully saturated rings. The highest BCUT2D eigenvalue weighted by Gasteiger charge is 2.17. The van der Waals surface area contributed by atoms with E-state index in [4.69, 9.17) is 16.0 Å². The van der Waals surface area contributed by atoms with Gasteiger partial charge in [-0.05, 0) is 45.3 Å². The fourth-order valence-corrected chi connectivity index (χ4v) is 3.85. The van der Waals surface area contributed by atoms with E-state index >= 15 is 0 Å². The van der Waals surface area contributed by atoms with Gasteiger partial charge in [0.2, 0.25) is 5.82 Å². The molecule has 8 heteroatoms. The van der Waals surface area contributed by atoms with Gasteiger partial charge < -0.3 is 4.42 Å². The first-order chi connectivity index (χ1) is 13.2. The van der Waals surface area contributed by atoms with Crippen molar-refractivity contribution < 1.29 is 4.42 Å². The van der Waals surface area contributed by atoms with E-state index < -0.39 is 0 Å². The van der Waals surface area contributed by atoms with Gasteiger partial charge in [0.15, 0.2) is 15.6 Å². The average molecular weight is 462 g/mol. The van der Waals surface area contributed by atoms with Crippen LogP contribution in [0.3, 0.4) is 0 Å². The Morgan fingerprint density at radius 3 is 2.56 bits per heavy atom. The van der Waals surface area contributed by atoms with Gasteiger partial charge >= 0.3 is 0 Å². The molecular weight excluding hydrogens is 448 g/mol. The standard InChI is InChI=1S/C19H14BrClN4OS/c20-16-8-7-15(26-16)18-23-24-19(25(18)11-13-4-2-1-3-5-13)27-12-14-6-9-17(21)22-10-14/h1-10H,11-12H2. The zero-order valence-electron chi connectivity index (χ0n) is 14.0. The monoisotopic (exact) mass is 460 g/mol. The molecule has 136 valence electrons. The van der Waals surface area contributed by atoms with Crippen molar-refractivity contribution in [2.75, 3.05) is 0 Å². The first-order valence-corrected chi connectivity index (χ1v) is 10.3. The van der Waals surface area contributed by atoms with E-state index in [1.165, 1.54) is 5.56 Å². The third kappa shape index (κ3) is 4.43. The highest BCUT2D eigenvalue weighted by atomic mass is 79.9. The van der Waals surface area contributed by atoms with Crippen LogP contribution in [0.15, 0.2) is 75.0 Å². The molecular formula is C19H14BrClN4OS. The lowest BCUT2D eigenvalue weighted by Gasteiger charge is -2.09. The summed E-state index contributed by atoms with van der Waals surface area (Å²) in [6, 6.07) is 17.7. The van der Waals surface area contributed by atoms with Crippen LogP contribution in [0.1, 0.15) is 11.1 Å². The van der Waals surface area contributed by atoms with Crippen molar-refractivity contribution in [1.82, 2.24) is 19.7 Å². The normalized spacial score (nSPS) is 11.0. The van der Waals surface area contributed by atoms with Crippen LogP contribution < -0.4 is 0 Å². The zero-order chi connectivity index (χ0) is 18.6. The van der Waals surface area contributed by atoms with Crippen LogP contribution in [0.4, 0.5) is 0 Å². The number of pyridine rings is 1. The lowest BCUT2D eigenvalue weighted by atomic mass is 10.2. The van der Waals surface area contributed by atoms with Crippen molar-refractivity contribution in [1.29, 1.82) is 0 Å². The van der Waals surface area contributed by atoms with Gasteiger partial charge in [-0.1, -0.05) is 59.8 Å². The number of benzene rings is 1. The molecule has 27 heavy (non-hydrogen) atoms. The molecule has 0 aliphatic carbocycles. The molecule has 3 heterocycles. The highest BCUT2D eigenvalue weighted by molar-refractivity contribution is 9.10. The Morgan fingerprint density at radius 1 is 1.00 bits per heavy atom. The molecule has 0 amide bonds. The van der Waals surface area contributed by atoms with Gasteiger partial charge in [-0.3, -0.25) is 4.57 Å². The summed E-state index contributed by atoms with van der Waals surface area (Å²) in [4.78, 5) is 4.13. The Bertz CT molecular complexity index is 1030. The second kappa shape index (κ2) is 8.29. The van der Waals surface area contributed by atoms with Crippen LogP contribution in [0.5, 0.6) is 0 Å². The van der Waals surface area contributed by atoms with Crippen molar-refractivity contribution >= 4 is 39.3 Å². The first kappa shape index (κ1) is 18.3. The molecule has 1 aromatic carbocycles. The summed E-state index contributed by atoms with van der Waals surface area (Å²) >= 11 is 10.8. The molecule has 0 aliphatic heterocycles. The summed E-state index contributed by atoms with van der Waals surface area (Å²) in [7, 11) is 0. The number of furan rings is 1. The molecule has 0 radical (unpaired) electrons. The van der Waals surface area contributed by atoms with Crippen molar-refractivity contribution in [3.8, 4) is 11.6 Å². The van der Waals surface area contributed by atoms with Crippen LogP contribution in [0, 0.1) is 0 Å². The van der Waals surface area contributed by atoms with Gasteiger partial charge in [-0.15, -0.1) is 10.2 Å². The molecule has 0 N–H and O–H groups in total. The number of hydrogen-bond donors (Lipinski definition) is 0. The summed E-state index contributed by atoms with van der Waals surface area (Å²) in [6.07, 6.45) is 1.78. The average Bonchev–Trinajstić information content (AvgIpc) is 3.28. The van der Waals surface area contributed by atoms with E-state index in [1.54, 1.807) is 24.0 Å². The molecule has 0 unspecified atom stereocenters. The molecule has 4 aromatic rings. The number of aromatic nitrogens is 4. The maximum absolute atomic E-state index is 5.86. The van der Waals surface area contributed by atoms with Crippen LogP contribution in [-0.2, 0) is 12.3 Å². The summed E-state index contributed by atoms with van der Waals surface area (Å²) in [5.74, 6) is 2.09. The van der Waals surface area contributed by atoms with Gasteiger partial charge in [0.1, 0.15) is 5.15 Å². The van der Waals surface area contributed by atoms with Crippen molar-refractivity contribution in [2.45, 2.75) is 17.5 Å². The van der Waals surface area contributed by atoms with Crippen LogP contribution in [-0.4, -0.2) is 19.7 Å². The molecule has 0 saturated heterocycles. The van der Waals surface area contributed by atoms with E-state index in [0.717, 1.165) is 16.5 Å². The lowest BCUT2D eigenvalue weighted by Crippen LogP contribution is -2.04. The minimum atomic E-state index is 0.488. The van der Waals surface area contributed by atoms with E-state index in [-0.39, 0.29) is 0 Å². The SMILES string of the molecule is Clc1ccc(CSc2nnc(-c3ccc(Br)o3)n2Cc2ccccc2)cn1. The second-order valence-electron chi connectivity index (χ2n) is 5.76. The van der Waals surface area contributed by atoms with Crippen LogP contribution >= 0.6 is 39.3 Å². The molecule has 0 atom stereocenters. The van der Waals surface area contributed by atoms with E-state index in [0.29, 0.717) is 28.0 Å². The van der Waals surface area contributed by atoms with Crippen LogP contribution in [0.2, 0.25) is 5.15 Å². The van der Waals surface area contributed by atoms with Crippen molar-refractivity contribution in [3.63, 3.8) is 0 Å². The largest absolute Gasteiger partial charge is 0.446 e. The zero-order valence-corrected chi connectivity index (χ0v) is 17.2. The maximum atomic E-state index is 5.86. The molecule has 0 aliphatic rings. The Kier molecular flexibility index (Phi) is 5.61. The molecule has 0 spiro atoms. The van der Waals surface area contributed by atoms with Gasteiger partial charge in [-0.25, -0.2) is 4.98 Å². The minimum absolute atomic E-state index is 0.488. The summed E-state index contributed by atoms with van der Waals surface area (Å²) in [6.45, 7) is 0.655. The third-order valence-corrected chi connectivity index (χ3v) is 5.54. The highest BCUT2D eigenvalue weighted by Crippen LogP contribution is 2.29. The van der Waals surface area contributed by atoms with Crippen molar-refractivity contribution in [3.05, 3.63) is 81.7 Å². The lowest BCUT2D eigenvalue weighted by molar-refractivity contribution is 0.545. The Labute approximate surface area is 173 Å². The number of nitrogens with zero attached hydrogens (tertiary/aromatic N) is 4. The third-order valence-electron chi connectivity index (χ3n) is 3.85. The van der Waals surface area contributed by atoms with Crippen LogP contribution in [0.25, 0.3) is 11.6 Å². The first-order valence-electron chi connectivity index (χ1n) is 8.15. The molecule has 4 rings (SSSR count). The molecule has 3 aromatic heterocycles. The Morgan fingerprint density at radius 2 is 1.85 bits per heavy atom. The Hall–Kier alpha value is -2.09. The second-order valence-corrected chi connectivity index (χ2v) is 7.87. The number of thioether (sulfide) groups is 1. The molecule has 0 bridgehead atoms. The van der Waals surface area contributed by atoms with E-state index in [2.05, 4.69) is 47.8 Å². The maximum Gasteiger partial charge on any atom is 0.200 e. The van der Waals surface area contributed by atoms with Crippen molar-refractivity contribution in [2.24, 2.45) is 0 Å². The number of hydrogen-bond acceptors (Lipinski definition) is 5. The predicted molar refractivity (Wildman–Crippen MR) is 110 cm³/mol. The summed E-state index contributed by atoms with van der Waals surface area (Å²) < 4.78 is 8.42. The molecule has 0 saturated carbocycles. The number of rotatable bonds is 6. The summed E-state index contributed by atoms with van der Waals surface area (Å²) in [5.41, 5.74) is 2.24. The minimum Gasteiger partial charge on any atom is -0.446 e.